The number of anilines is 1. The van der Waals surface area contributed by atoms with Crippen LogP contribution in [0.1, 0.15) is 12.8 Å². The van der Waals surface area contributed by atoms with Crippen molar-refractivity contribution < 1.29 is 9.13 Å². The third-order valence-corrected chi connectivity index (χ3v) is 3.31. The van der Waals surface area contributed by atoms with Gasteiger partial charge in [-0.15, -0.1) is 0 Å². The molecule has 1 N–H and O–H groups in total. The van der Waals surface area contributed by atoms with Gasteiger partial charge in [-0.1, -0.05) is 11.6 Å². The first-order valence-corrected chi connectivity index (χ1v) is 6.12. The number of aromatic nitrogens is 2. The Labute approximate surface area is 109 Å². The predicted octanol–water partition coefficient (Wildman–Crippen LogP) is 1.36. The molecule has 1 saturated heterocycles. The highest BCUT2D eigenvalue weighted by molar-refractivity contribution is 6.32. The number of hydrogen-bond donors (Lipinski definition) is 1. The highest BCUT2D eigenvalue weighted by Crippen LogP contribution is 2.25. The normalized spacial score (nSPS) is 23.9. The molecular weight excluding hydrogens is 261 g/mol. The summed E-state index contributed by atoms with van der Waals surface area (Å²) in [7, 11) is 1.50. The number of alkyl halides is 1. The molecule has 0 spiro atoms. The zero-order chi connectivity index (χ0) is 13.2. The number of hydrogen-bond acceptors (Lipinski definition) is 4. The summed E-state index contributed by atoms with van der Waals surface area (Å²) in [6, 6.07) is 0. The first-order chi connectivity index (χ1) is 8.52. The maximum absolute atomic E-state index is 14.2. The Morgan fingerprint density at radius 2 is 2.50 bits per heavy atom. The summed E-state index contributed by atoms with van der Waals surface area (Å²) in [5.41, 5.74) is -1.47. The summed E-state index contributed by atoms with van der Waals surface area (Å²) in [5.74, 6) is 0. The Bertz CT molecular complexity index is 486. The third-order valence-electron chi connectivity index (χ3n) is 2.95. The Kier molecular flexibility index (Phi) is 3.87. The van der Waals surface area contributed by atoms with Crippen LogP contribution in [-0.4, -0.2) is 35.2 Å². The maximum Gasteiger partial charge on any atom is 0.287 e. The Hall–Kier alpha value is -1.14. The standard InChI is InChI=1S/C11H15ClFN3O2/c1-16-10(17)9(12)8(5-15-16)14-6-11(13)3-2-4-18-7-11/h5,14H,2-4,6-7H2,1H3/t11-/m0/s1. The van der Waals surface area contributed by atoms with Crippen molar-refractivity contribution in [2.75, 3.05) is 25.1 Å². The third kappa shape index (κ3) is 2.81. The SMILES string of the molecule is Cn1ncc(NC[C@@]2(F)CCCOC2)c(Cl)c1=O. The number of rotatable bonds is 3. The van der Waals surface area contributed by atoms with E-state index in [9.17, 15) is 9.18 Å². The Balaban J connectivity index is 2.06. The molecule has 1 aromatic rings. The van der Waals surface area contributed by atoms with Crippen LogP contribution in [0.25, 0.3) is 0 Å². The summed E-state index contributed by atoms with van der Waals surface area (Å²) < 4.78 is 20.5. The summed E-state index contributed by atoms with van der Waals surface area (Å²) in [6.45, 7) is 0.720. The average Bonchev–Trinajstić information content (AvgIpc) is 2.36. The van der Waals surface area contributed by atoms with E-state index in [1.54, 1.807) is 0 Å². The smallest absolute Gasteiger partial charge is 0.287 e. The van der Waals surface area contributed by atoms with Gasteiger partial charge < -0.3 is 10.1 Å². The van der Waals surface area contributed by atoms with Gasteiger partial charge in [0.25, 0.3) is 5.56 Å². The molecule has 0 aliphatic carbocycles. The van der Waals surface area contributed by atoms with E-state index in [0.29, 0.717) is 25.1 Å². The van der Waals surface area contributed by atoms with Crippen LogP contribution < -0.4 is 10.9 Å². The fourth-order valence-electron chi connectivity index (χ4n) is 1.85. The van der Waals surface area contributed by atoms with Crippen molar-refractivity contribution >= 4 is 17.3 Å². The van der Waals surface area contributed by atoms with Gasteiger partial charge in [0.1, 0.15) is 5.02 Å². The molecule has 7 heteroatoms. The molecule has 0 bridgehead atoms. The molecule has 0 saturated carbocycles. The molecule has 0 aromatic carbocycles. The van der Waals surface area contributed by atoms with Crippen molar-refractivity contribution in [2.24, 2.45) is 7.05 Å². The molecule has 5 nitrogen and oxygen atoms in total. The minimum absolute atomic E-state index is 0.0211. The lowest BCUT2D eigenvalue weighted by molar-refractivity contribution is -0.0234. The van der Waals surface area contributed by atoms with Crippen molar-refractivity contribution in [1.29, 1.82) is 0 Å². The molecule has 0 unspecified atom stereocenters. The highest BCUT2D eigenvalue weighted by Gasteiger charge is 2.32. The van der Waals surface area contributed by atoms with Crippen LogP contribution in [0.2, 0.25) is 5.02 Å². The molecule has 100 valence electrons. The molecule has 1 fully saturated rings. The van der Waals surface area contributed by atoms with Crippen molar-refractivity contribution in [3.63, 3.8) is 0 Å². The molecule has 18 heavy (non-hydrogen) atoms. The lowest BCUT2D eigenvalue weighted by atomic mass is 9.99. The van der Waals surface area contributed by atoms with Crippen molar-refractivity contribution in [1.82, 2.24) is 9.78 Å². The van der Waals surface area contributed by atoms with Gasteiger partial charge in [-0.25, -0.2) is 9.07 Å². The second kappa shape index (κ2) is 5.24. The summed E-state index contributed by atoms with van der Waals surface area (Å²) in [5, 5.41) is 6.68. The van der Waals surface area contributed by atoms with Crippen LogP contribution in [0.3, 0.4) is 0 Å². The van der Waals surface area contributed by atoms with Crippen LogP contribution in [0, 0.1) is 0 Å². The van der Waals surface area contributed by atoms with Crippen LogP contribution in [0.15, 0.2) is 11.0 Å². The van der Waals surface area contributed by atoms with E-state index in [4.69, 9.17) is 16.3 Å². The van der Waals surface area contributed by atoms with Crippen LogP contribution in [-0.2, 0) is 11.8 Å². The Morgan fingerprint density at radius 1 is 1.72 bits per heavy atom. The fourth-order valence-corrected chi connectivity index (χ4v) is 2.08. The topological polar surface area (TPSA) is 56.1 Å². The zero-order valence-corrected chi connectivity index (χ0v) is 10.8. The summed E-state index contributed by atoms with van der Waals surface area (Å²) in [6.07, 6.45) is 2.55. The van der Waals surface area contributed by atoms with E-state index in [2.05, 4.69) is 10.4 Å². The van der Waals surface area contributed by atoms with E-state index >= 15 is 0 Å². The van der Waals surface area contributed by atoms with Gasteiger partial charge in [0, 0.05) is 13.7 Å². The maximum atomic E-state index is 14.2. The molecule has 1 aliphatic heterocycles. The van der Waals surface area contributed by atoms with Crippen LogP contribution in [0.4, 0.5) is 10.1 Å². The summed E-state index contributed by atoms with van der Waals surface area (Å²) in [4.78, 5) is 11.5. The number of halogens is 2. The predicted molar refractivity (Wildman–Crippen MR) is 66.9 cm³/mol. The quantitative estimate of drug-likeness (QED) is 0.905. The van der Waals surface area contributed by atoms with E-state index in [-0.39, 0.29) is 18.2 Å². The lowest BCUT2D eigenvalue weighted by Crippen LogP contribution is -2.40. The molecule has 0 radical (unpaired) electrons. The van der Waals surface area contributed by atoms with Crippen LogP contribution in [0.5, 0.6) is 0 Å². The van der Waals surface area contributed by atoms with Gasteiger partial charge in [-0.3, -0.25) is 4.79 Å². The number of nitrogens with one attached hydrogen (secondary N) is 1. The molecule has 1 aromatic heterocycles. The second-order valence-corrected chi connectivity index (χ2v) is 4.84. The van der Waals surface area contributed by atoms with Crippen molar-refractivity contribution in [3.05, 3.63) is 21.6 Å². The average molecular weight is 276 g/mol. The summed E-state index contributed by atoms with van der Waals surface area (Å²) >= 11 is 5.87. The lowest BCUT2D eigenvalue weighted by Gasteiger charge is -2.29. The Morgan fingerprint density at radius 3 is 3.17 bits per heavy atom. The van der Waals surface area contributed by atoms with Crippen LogP contribution >= 0.6 is 11.6 Å². The zero-order valence-electron chi connectivity index (χ0n) is 10.1. The van der Waals surface area contributed by atoms with E-state index < -0.39 is 11.2 Å². The number of nitrogens with zero attached hydrogens (tertiary/aromatic N) is 2. The molecule has 1 aliphatic rings. The number of ether oxygens (including phenoxy) is 1. The number of aryl methyl sites for hydroxylation is 1. The van der Waals surface area contributed by atoms with E-state index in [1.165, 1.54) is 13.2 Å². The van der Waals surface area contributed by atoms with E-state index in [1.807, 2.05) is 0 Å². The van der Waals surface area contributed by atoms with Crippen molar-refractivity contribution in [2.45, 2.75) is 18.5 Å². The van der Waals surface area contributed by atoms with Crippen molar-refractivity contribution in [3.8, 4) is 0 Å². The minimum atomic E-state index is -1.41. The first-order valence-electron chi connectivity index (χ1n) is 5.74. The van der Waals surface area contributed by atoms with Gasteiger partial charge in [-0.2, -0.15) is 5.10 Å². The van der Waals surface area contributed by atoms with Gasteiger partial charge in [0.15, 0.2) is 5.67 Å². The molecule has 1 atom stereocenters. The molecule has 0 amide bonds. The van der Waals surface area contributed by atoms with Gasteiger partial charge >= 0.3 is 0 Å². The highest BCUT2D eigenvalue weighted by atomic mass is 35.5. The second-order valence-electron chi connectivity index (χ2n) is 4.46. The van der Waals surface area contributed by atoms with Gasteiger partial charge in [-0.05, 0) is 12.8 Å². The molecular formula is C11H15ClFN3O2. The first kappa shape index (κ1) is 13.3. The van der Waals surface area contributed by atoms with Gasteiger partial charge in [0.2, 0.25) is 0 Å². The van der Waals surface area contributed by atoms with E-state index in [0.717, 1.165) is 4.68 Å². The largest absolute Gasteiger partial charge is 0.379 e. The molecule has 2 heterocycles. The minimum Gasteiger partial charge on any atom is -0.379 e. The molecule has 2 rings (SSSR count). The fraction of sp³-hybridized carbons (Fsp3) is 0.636. The monoisotopic (exact) mass is 275 g/mol. The van der Waals surface area contributed by atoms with Gasteiger partial charge in [0.05, 0.1) is 25.0 Å².